The van der Waals surface area contributed by atoms with Gasteiger partial charge in [0.05, 0.1) is 6.42 Å². The van der Waals surface area contributed by atoms with Crippen molar-refractivity contribution in [2.45, 2.75) is 30.5 Å². The minimum atomic E-state index is -0.877. The molecule has 0 aliphatic rings. The van der Waals surface area contributed by atoms with Crippen LogP contribution in [0.5, 0.6) is 0 Å². The number of alkyl halides is 2. The van der Waals surface area contributed by atoms with Gasteiger partial charge in [-0.3, -0.25) is 4.79 Å². The van der Waals surface area contributed by atoms with Gasteiger partial charge < -0.3 is 5.11 Å². The fraction of sp³-hybridized carbons (Fsp3) is 0.833. The zero-order valence-electron chi connectivity index (χ0n) is 5.68. The van der Waals surface area contributed by atoms with Crippen molar-refractivity contribution in [3.05, 3.63) is 0 Å². The van der Waals surface area contributed by atoms with Crippen molar-refractivity contribution < 1.29 is 9.90 Å². The van der Waals surface area contributed by atoms with Crippen LogP contribution >= 0.6 is 23.2 Å². The van der Waals surface area contributed by atoms with Crippen molar-refractivity contribution in [3.8, 4) is 0 Å². The molecule has 0 heterocycles. The molecule has 0 aliphatic carbocycles. The van der Waals surface area contributed by atoms with E-state index in [1.165, 1.54) is 0 Å². The molecule has 0 spiro atoms. The van der Waals surface area contributed by atoms with E-state index < -0.39 is 5.97 Å². The molecule has 0 rings (SSSR count). The van der Waals surface area contributed by atoms with Gasteiger partial charge in [0.25, 0.3) is 0 Å². The van der Waals surface area contributed by atoms with Gasteiger partial charge in [-0.05, 0) is 13.3 Å². The molecular formula is C6H10Cl2O2. The molecule has 0 bridgehead atoms. The molecular weight excluding hydrogens is 175 g/mol. The van der Waals surface area contributed by atoms with Gasteiger partial charge in [0.2, 0.25) is 0 Å². The van der Waals surface area contributed by atoms with E-state index in [9.17, 15) is 4.79 Å². The van der Waals surface area contributed by atoms with E-state index in [-0.39, 0.29) is 17.2 Å². The van der Waals surface area contributed by atoms with E-state index in [0.717, 1.165) is 0 Å². The first-order valence-corrected chi connectivity index (χ1v) is 3.89. The molecule has 4 heteroatoms. The van der Waals surface area contributed by atoms with Gasteiger partial charge in [0.1, 0.15) is 0 Å². The highest BCUT2D eigenvalue weighted by Crippen LogP contribution is 2.13. The van der Waals surface area contributed by atoms with Crippen LogP contribution in [0.1, 0.15) is 19.8 Å². The smallest absolute Gasteiger partial charge is 0.304 e. The van der Waals surface area contributed by atoms with Crippen LogP contribution < -0.4 is 0 Å². The summed E-state index contributed by atoms with van der Waals surface area (Å²) in [4.78, 5) is 10.1. The monoisotopic (exact) mass is 184 g/mol. The molecule has 0 aromatic rings. The molecule has 1 N–H and O–H groups in total. The van der Waals surface area contributed by atoms with Gasteiger partial charge in [-0.2, -0.15) is 0 Å². The first kappa shape index (κ1) is 10.0. The molecule has 0 fully saturated rings. The number of hydrogen-bond donors (Lipinski definition) is 1. The molecule has 0 saturated heterocycles. The summed E-state index contributed by atoms with van der Waals surface area (Å²) in [5.41, 5.74) is 0. The molecule has 0 aromatic carbocycles. The Bertz CT molecular complexity index is 114. The van der Waals surface area contributed by atoms with Crippen LogP contribution in [-0.2, 0) is 4.79 Å². The lowest BCUT2D eigenvalue weighted by atomic mass is 10.2. The van der Waals surface area contributed by atoms with Crippen molar-refractivity contribution in [1.82, 2.24) is 0 Å². The van der Waals surface area contributed by atoms with Crippen LogP contribution in [-0.4, -0.2) is 21.8 Å². The van der Waals surface area contributed by atoms with Crippen molar-refractivity contribution in [2.75, 3.05) is 0 Å². The largest absolute Gasteiger partial charge is 0.481 e. The maximum absolute atomic E-state index is 10.1. The number of carboxylic acids is 1. The highest BCUT2D eigenvalue weighted by molar-refractivity contribution is 6.23. The first-order chi connectivity index (χ1) is 4.52. The summed E-state index contributed by atoms with van der Waals surface area (Å²) in [5, 5.41) is 7.87. The van der Waals surface area contributed by atoms with Crippen LogP contribution in [0.2, 0.25) is 0 Å². The van der Waals surface area contributed by atoms with Gasteiger partial charge in [-0.25, -0.2) is 0 Å². The topological polar surface area (TPSA) is 37.3 Å². The Labute approximate surface area is 70.1 Å². The molecule has 0 aromatic heterocycles. The summed E-state index contributed by atoms with van der Waals surface area (Å²) in [7, 11) is 0. The van der Waals surface area contributed by atoms with Gasteiger partial charge in [-0.15, -0.1) is 23.2 Å². The van der Waals surface area contributed by atoms with Crippen LogP contribution in [0.4, 0.5) is 0 Å². The normalized spacial score (nSPS) is 16.3. The van der Waals surface area contributed by atoms with Crippen LogP contribution in [0.3, 0.4) is 0 Å². The minimum Gasteiger partial charge on any atom is -0.481 e. The Morgan fingerprint density at radius 1 is 1.60 bits per heavy atom. The van der Waals surface area contributed by atoms with Gasteiger partial charge in [-0.1, -0.05) is 0 Å². The molecule has 2 nitrogen and oxygen atoms in total. The van der Waals surface area contributed by atoms with Crippen LogP contribution in [0.25, 0.3) is 0 Å². The van der Waals surface area contributed by atoms with E-state index >= 15 is 0 Å². The number of hydrogen-bond acceptors (Lipinski definition) is 1. The van der Waals surface area contributed by atoms with E-state index in [4.69, 9.17) is 28.3 Å². The van der Waals surface area contributed by atoms with Crippen molar-refractivity contribution in [3.63, 3.8) is 0 Å². The average Bonchev–Trinajstić information content (AvgIpc) is 1.58. The lowest BCUT2D eigenvalue weighted by Gasteiger charge is -2.06. The standard InChI is InChI=1S/C6H10Cl2O2/c1-4(7)2-5(8)3-6(9)10/h4-5H,2-3H2,1H3,(H,9,10). The van der Waals surface area contributed by atoms with Gasteiger partial charge >= 0.3 is 5.97 Å². The van der Waals surface area contributed by atoms with Crippen molar-refractivity contribution in [2.24, 2.45) is 0 Å². The lowest BCUT2D eigenvalue weighted by Crippen LogP contribution is -2.10. The second-order valence-electron chi connectivity index (χ2n) is 2.21. The Balaban J connectivity index is 3.43. The summed E-state index contributed by atoms with van der Waals surface area (Å²) in [6.45, 7) is 1.79. The highest BCUT2D eigenvalue weighted by Gasteiger charge is 2.11. The minimum absolute atomic E-state index is 0.0153. The Morgan fingerprint density at radius 3 is 2.40 bits per heavy atom. The molecule has 2 unspecified atom stereocenters. The zero-order chi connectivity index (χ0) is 8.15. The second-order valence-corrected chi connectivity index (χ2v) is 3.57. The number of aliphatic carboxylic acids is 1. The van der Waals surface area contributed by atoms with Gasteiger partial charge in [0.15, 0.2) is 0 Å². The van der Waals surface area contributed by atoms with Crippen molar-refractivity contribution in [1.29, 1.82) is 0 Å². The summed E-state index contributed by atoms with van der Waals surface area (Å²) >= 11 is 11.2. The quantitative estimate of drug-likeness (QED) is 0.680. The third-order valence-corrected chi connectivity index (χ3v) is 1.49. The molecule has 2 atom stereocenters. The lowest BCUT2D eigenvalue weighted by molar-refractivity contribution is -0.137. The van der Waals surface area contributed by atoms with Crippen LogP contribution in [0, 0.1) is 0 Å². The van der Waals surface area contributed by atoms with E-state index in [1.807, 2.05) is 0 Å². The predicted octanol–water partition coefficient (Wildman–Crippen LogP) is 2.09. The molecule has 0 amide bonds. The number of halogens is 2. The maximum atomic E-state index is 10.1. The molecule has 0 radical (unpaired) electrons. The summed E-state index contributed by atoms with van der Waals surface area (Å²) in [6.07, 6.45) is 0.522. The molecule has 10 heavy (non-hydrogen) atoms. The number of carboxylic acid groups (broad SMARTS) is 1. The summed E-state index contributed by atoms with van der Waals surface area (Å²) in [5.74, 6) is -0.877. The average molecular weight is 185 g/mol. The third kappa shape index (κ3) is 6.17. The van der Waals surface area contributed by atoms with Crippen molar-refractivity contribution >= 4 is 29.2 Å². The first-order valence-electron chi connectivity index (χ1n) is 3.02. The maximum Gasteiger partial charge on any atom is 0.304 e. The SMILES string of the molecule is CC(Cl)CC(Cl)CC(=O)O. The third-order valence-electron chi connectivity index (χ3n) is 0.977. The van der Waals surface area contributed by atoms with Gasteiger partial charge in [0, 0.05) is 10.8 Å². The summed E-state index contributed by atoms with van der Waals surface area (Å²) in [6, 6.07) is 0. The number of rotatable bonds is 4. The zero-order valence-corrected chi connectivity index (χ0v) is 7.19. The van der Waals surface area contributed by atoms with Crippen LogP contribution in [0.15, 0.2) is 0 Å². The Hall–Kier alpha value is 0.0500. The molecule has 0 saturated carbocycles. The van der Waals surface area contributed by atoms with E-state index in [0.29, 0.717) is 6.42 Å². The van der Waals surface area contributed by atoms with E-state index in [1.54, 1.807) is 6.92 Å². The Morgan fingerprint density at radius 2 is 2.10 bits per heavy atom. The molecule has 0 aliphatic heterocycles. The number of carbonyl (C=O) groups is 1. The fourth-order valence-corrected chi connectivity index (χ4v) is 1.33. The van der Waals surface area contributed by atoms with E-state index in [2.05, 4.69) is 0 Å². The Kier molecular flexibility index (Phi) is 4.83. The molecule has 60 valence electrons. The second kappa shape index (κ2) is 4.80. The fourth-order valence-electron chi connectivity index (χ4n) is 0.625. The summed E-state index contributed by atoms with van der Waals surface area (Å²) < 4.78 is 0. The highest BCUT2D eigenvalue weighted by atomic mass is 35.5. The predicted molar refractivity (Wildman–Crippen MR) is 41.8 cm³/mol.